The standard InChI is InChI=1S/C22H19NO3/c1-3-25-19-11-7-6-10-18(19)23-22(24)20-14(2)16-13-12-15-8-4-5-9-17(15)21(16)26-20/h4-13H,3H2,1-2H3,(H,23,24). The Morgan fingerprint density at radius 3 is 2.62 bits per heavy atom. The highest BCUT2D eigenvalue weighted by atomic mass is 16.5. The number of hydrogen-bond acceptors (Lipinski definition) is 3. The minimum absolute atomic E-state index is 0.282. The summed E-state index contributed by atoms with van der Waals surface area (Å²) < 4.78 is 11.6. The fourth-order valence-corrected chi connectivity index (χ4v) is 3.20. The molecule has 0 fully saturated rings. The zero-order valence-electron chi connectivity index (χ0n) is 14.7. The van der Waals surface area contributed by atoms with Crippen LogP contribution in [0.4, 0.5) is 5.69 Å². The van der Waals surface area contributed by atoms with Gasteiger partial charge in [0.1, 0.15) is 11.3 Å². The minimum atomic E-state index is -0.282. The van der Waals surface area contributed by atoms with Crippen LogP contribution in [0.3, 0.4) is 0 Å². The highest BCUT2D eigenvalue weighted by Gasteiger charge is 2.20. The molecule has 0 radical (unpaired) electrons. The third-order valence-corrected chi connectivity index (χ3v) is 4.47. The molecule has 0 spiro atoms. The smallest absolute Gasteiger partial charge is 0.291 e. The van der Waals surface area contributed by atoms with Gasteiger partial charge in [0.05, 0.1) is 12.3 Å². The number of carbonyl (C=O) groups excluding carboxylic acids is 1. The van der Waals surface area contributed by atoms with Gasteiger partial charge in [0.25, 0.3) is 5.91 Å². The summed E-state index contributed by atoms with van der Waals surface area (Å²) in [6.45, 7) is 4.35. The van der Waals surface area contributed by atoms with E-state index in [0.717, 1.165) is 27.3 Å². The number of aryl methyl sites for hydroxylation is 1. The van der Waals surface area contributed by atoms with Crippen LogP contribution in [0.2, 0.25) is 0 Å². The third kappa shape index (κ3) is 2.69. The van der Waals surface area contributed by atoms with Crippen molar-refractivity contribution in [3.8, 4) is 5.75 Å². The normalized spacial score (nSPS) is 11.0. The molecule has 4 nitrogen and oxygen atoms in total. The van der Waals surface area contributed by atoms with E-state index >= 15 is 0 Å². The zero-order valence-corrected chi connectivity index (χ0v) is 14.7. The van der Waals surface area contributed by atoms with Crippen LogP contribution >= 0.6 is 0 Å². The summed E-state index contributed by atoms with van der Waals surface area (Å²) in [6, 6.07) is 19.4. The van der Waals surface area contributed by atoms with E-state index in [0.29, 0.717) is 23.8 Å². The molecule has 0 saturated carbocycles. The number of nitrogens with one attached hydrogen (secondary N) is 1. The number of anilines is 1. The van der Waals surface area contributed by atoms with Crippen LogP contribution in [0.15, 0.2) is 65.1 Å². The Hall–Kier alpha value is -3.27. The van der Waals surface area contributed by atoms with Crippen molar-refractivity contribution < 1.29 is 13.9 Å². The summed E-state index contributed by atoms with van der Waals surface area (Å²) in [5.41, 5.74) is 2.20. The molecular weight excluding hydrogens is 326 g/mol. The molecule has 4 rings (SSSR count). The van der Waals surface area contributed by atoms with Gasteiger partial charge in [-0.2, -0.15) is 0 Å². The van der Waals surface area contributed by atoms with Crippen molar-refractivity contribution in [2.75, 3.05) is 11.9 Å². The predicted molar refractivity (Wildman–Crippen MR) is 104 cm³/mol. The van der Waals surface area contributed by atoms with E-state index < -0.39 is 0 Å². The fourth-order valence-electron chi connectivity index (χ4n) is 3.20. The number of carbonyl (C=O) groups is 1. The lowest BCUT2D eigenvalue weighted by Gasteiger charge is -2.10. The van der Waals surface area contributed by atoms with Gasteiger partial charge in [-0.15, -0.1) is 0 Å². The Balaban J connectivity index is 1.76. The monoisotopic (exact) mass is 345 g/mol. The van der Waals surface area contributed by atoms with Crippen molar-refractivity contribution in [3.05, 3.63) is 72.0 Å². The van der Waals surface area contributed by atoms with Crippen molar-refractivity contribution in [3.63, 3.8) is 0 Å². The lowest BCUT2D eigenvalue weighted by molar-refractivity contribution is 0.0997. The first kappa shape index (κ1) is 16.2. The molecular formula is C22H19NO3. The average molecular weight is 345 g/mol. The van der Waals surface area contributed by atoms with E-state index in [4.69, 9.17) is 9.15 Å². The lowest BCUT2D eigenvalue weighted by Crippen LogP contribution is -2.13. The number of ether oxygens (including phenoxy) is 1. The molecule has 0 atom stereocenters. The maximum atomic E-state index is 12.8. The maximum absolute atomic E-state index is 12.8. The van der Waals surface area contributed by atoms with Crippen molar-refractivity contribution in [2.45, 2.75) is 13.8 Å². The van der Waals surface area contributed by atoms with Gasteiger partial charge in [-0.1, -0.05) is 48.5 Å². The Kier molecular flexibility index (Phi) is 4.09. The number of para-hydroxylation sites is 2. The summed E-state index contributed by atoms with van der Waals surface area (Å²) in [6.07, 6.45) is 0. The van der Waals surface area contributed by atoms with Gasteiger partial charge >= 0.3 is 0 Å². The topological polar surface area (TPSA) is 51.5 Å². The summed E-state index contributed by atoms with van der Waals surface area (Å²) >= 11 is 0. The van der Waals surface area contributed by atoms with Crippen LogP contribution in [-0.4, -0.2) is 12.5 Å². The number of rotatable bonds is 4. The Morgan fingerprint density at radius 2 is 1.77 bits per heavy atom. The second-order valence-corrected chi connectivity index (χ2v) is 6.10. The van der Waals surface area contributed by atoms with Gasteiger partial charge in [0.15, 0.2) is 5.76 Å². The van der Waals surface area contributed by atoms with E-state index in [1.165, 1.54) is 0 Å². The molecule has 0 aliphatic rings. The highest BCUT2D eigenvalue weighted by molar-refractivity contribution is 6.11. The lowest BCUT2D eigenvalue weighted by atomic mass is 10.1. The quantitative estimate of drug-likeness (QED) is 0.528. The van der Waals surface area contributed by atoms with Crippen LogP contribution < -0.4 is 10.1 Å². The first-order valence-corrected chi connectivity index (χ1v) is 8.63. The van der Waals surface area contributed by atoms with Crippen LogP contribution in [0.25, 0.3) is 21.7 Å². The van der Waals surface area contributed by atoms with Crippen molar-refractivity contribution in [1.82, 2.24) is 0 Å². The molecule has 0 saturated heterocycles. The van der Waals surface area contributed by atoms with Gasteiger partial charge in [0, 0.05) is 16.3 Å². The molecule has 1 amide bonds. The molecule has 1 aromatic heterocycles. The molecule has 1 heterocycles. The molecule has 4 aromatic rings. The van der Waals surface area contributed by atoms with Crippen LogP contribution in [0.5, 0.6) is 5.75 Å². The van der Waals surface area contributed by atoms with Gasteiger partial charge < -0.3 is 14.5 Å². The van der Waals surface area contributed by atoms with E-state index in [1.807, 2.05) is 74.5 Å². The summed E-state index contributed by atoms with van der Waals surface area (Å²) in [5, 5.41) is 5.94. The van der Waals surface area contributed by atoms with Crippen LogP contribution in [0, 0.1) is 6.92 Å². The zero-order chi connectivity index (χ0) is 18.1. The van der Waals surface area contributed by atoms with E-state index in [9.17, 15) is 4.79 Å². The SMILES string of the molecule is CCOc1ccccc1NC(=O)c1oc2c(ccc3ccccc32)c1C. The van der Waals surface area contributed by atoms with Crippen LogP contribution in [0.1, 0.15) is 23.0 Å². The number of amides is 1. The summed E-state index contributed by atoms with van der Waals surface area (Å²) in [4.78, 5) is 12.8. The summed E-state index contributed by atoms with van der Waals surface area (Å²) in [7, 11) is 0. The molecule has 0 bridgehead atoms. The molecule has 26 heavy (non-hydrogen) atoms. The molecule has 3 aromatic carbocycles. The van der Waals surface area contributed by atoms with Crippen molar-refractivity contribution in [1.29, 1.82) is 0 Å². The molecule has 0 aliphatic heterocycles. The first-order valence-electron chi connectivity index (χ1n) is 8.63. The first-order chi connectivity index (χ1) is 12.7. The molecule has 130 valence electrons. The Labute approximate surface area is 151 Å². The highest BCUT2D eigenvalue weighted by Crippen LogP contribution is 2.32. The van der Waals surface area contributed by atoms with Crippen molar-refractivity contribution >= 4 is 33.3 Å². The predicted octanol–water partition coefficient (Wildman–Crippen LogP) is 5.55. The third-order valence-electron chi connectivity index (χ3n) is 4.47. The Morgan fingerprint density at radius 1 is 1.00 bits per heavy atom. The van der Waals surface area contributed by atoms with E-state index in [-0.39, 0.29) is 5.91 Å². The average Bonchev–Trinajstić information content (AvgIpc) is 3.01. The molecule has 0 aliphatic carbocycles. The molecule has 0 unspecified atom stereocenters. The second kappa shape index (κ2) is 6.56. The summed E-state index contributed by atoms with van der Waals surface area (Å²) in [5.74, 6) is 0.681. The second-order valence-electron chi connectivity index (χ2n) is 6.10. The molecule has 1 N–H and O–H groups in total. The van der Waals surface area contributed by atoms with Gasteiger partial charge in [-0.05, 0) is 31.4 Å². The number of benzene rings is 3. The van der Waals surface area contributed by atoms with Crippen LogP contribution in [-0.2, 0) is 0 Å². The van der Waals surface area contributed by atoms with Crippen molar-refractivity contribution in [2.24, 2.45) is 0 Å². The van der Waals surface area contributed by atoms with E-state index in [1.54, 1.807) is 0 Å². The van der Waals surface area contributed by atoms with Gasteiger partial charge in [-0.3, -0.25) is 4.79 Å². The van der Waals surface area contributed by atoms with Gasteiger partial charge in [-0.25, -0.2) is 0 Å². The Bertz CT molecular complexity index is 1110. The van der Waals surface area contributed by atoms with E-state index in [2.05, 4.69) is 5.32 Å². The number of furan rings is 1. The fraction of sp³-hybridized carbons (Fsp3) is 0.136. The number of hydrogen-bond donors (Lipinski definition) is 1. The largest absolute Gasteiger partial charge is 0.492 e. The number of fused-ring (bicyclic) bond motifs is 3. The molecule has 4 heteroatoms. The maximum Gasteiger partial charge on any atom is 0.291 e. The van der Waals surface area contributed by atoms with Gasteiger partial charge in [0.2, 0.25) is 0 Å². The minimum Gasteiger partial charge on any atom is -0.492 e.